The minimum absolute atomic E-state index is 0.0376. The van der Waals surface area contributed by atoms with Crippen LogP contribution in [0.5, 0.6) is 5.75 Å². The third-order valence-electron chi connectivity index (χ3n) is 8.86. The Balaban J connectivity index is 1.22. The van der Waals surface area contributed by atoms with Gasteiger partial charge in [0, 0.05) is 5.56 Å². The van der Waals surface area contributed by atoms with E-state index < -0.39 is 0 Å². The van der Waals surface area contributed by atoms with E-state index in [2.05, 4.69) is 42.5 Å². The summed E-state index contributed by atoms with van der Waals surface area (Å²) in [5.41, 5.74) is 5.14. The second-order valence-electron chi connectivity index (χ2n) is 10.7. The van der Waals surface area contributed by atoms with E-state index >= 15 is 0 Å². The molecule has 0 spiro atoms. The zero-order chi connectivity index (χ0) is 21.6. The van der Waals surface area contributed by atoms with Crippen LogP contribution in [-0.4, -0.2) is 28.4 Å². The number of nitrogens with zero attached hydrogens (tertiary/aromatic N) is 1. The van der Waals surface area contributed by atoms with Crippen molar-refractivity contribution in [2.75, 3.05) is 7.11 Å². The number of hydrogen-bond donors (Lipinski definition) is 0. The quantitative estimate of drug-likeness (QED) is 0.546. The number of carbonyl (C=O) groups is 2. The Labute approximate surface area is 192 Å². The van der Waals surface area contributed by atoms with E-state index in [1.807, 2.05) is 0 Å². The number of carbonyl (C=O) groups excluding carboxylic acids is 2. The number of methoxy groups -OCH3 is 1. The maximum atomic E-state index is 11.9. The average Bonchev–Trinajstić information content (AvgIpc) is 3.30. The van der Waals surface area contributed by atoms with Gasteiger partial charge in [-0.1, -0.05) is 30.3 Å². The molecule has 2 aromatic rings. The lowest BCUT2D eigenvalue weighted by Gasteiger charge is -2.57. The van der Waals surface area contributed by atoms with Crippen LogP contribution in [0.4, 0.5) is 4.79 Å². The Morgan fingerprint density at radius 2 is 1.53 bits per heavy atom. The number of β-lactam (4-membered cyclic amide) rings is 1. The number of hydrogen-bond acceptors (Lipinski definition) is 4. The van der Waals surface area contributed by atoms with Crippen molar-refractivity contribution in [1.29, 1.82) is 0 Å². The van der Waals surface area contributed by atoms with Gasteiger partial charge in [-0.15, -0.1) is 0 Å². The predicted octanol–water partition coefficient (Wildman–Crippen LogP) is 5.95. The van der Waals surface area contributed by atoms with Gasteiger partial charge in [-0.05, 0) is 102 Å². The summed E-state index contributed by atoms with van der Waals surface area (Å²) in [7, 11) is 1.80. The highest BCUT2D eigenvalue weighted by Gasteiger charge is 2.60. The third-order valence-corrected chi connectivity index (χ3v) is 9.98. The second kappa shape index (κ2) is 6.63. The van der Waals surface area contributed by atoms with Gasteiger partial charge in [-0.2, -0.15) is 0 Å². The van der Waals surface area contributed by atoms with Gasteiger partial charge in [0.1, 0.15) is 11.0 Å². The molecule has 0 radical (unpaired) electrons. The number of amides is 2. The van der Waals surface area contributed by atoms with Gasteiger partial charge in [0.25, 0.3) is 5.24 Å². The molecular formula is C27H27NO3S. The Hall–Kier alpha value is -2.27. The standard InChI is InChI=1S/C27H27NO3S/c1-31-22-7-6-20(11-21(22)27-12-15-8-16(13-27)10-17(9-15)14-27)18-2-4-19(5-3-18)23-24-25(29)28(23)26(30)32-24/h2-7,11,15-17,23-24H,8-10,12-14H2,1H3. The van der Waals surface area contributed by atoms with Crippen molar-refractivity contribution in [3.63, 3.8) is 0 Å². The highest BCUT2D eigenvalue weighted by Crippen LogP contribution is 2.62. The topological polar surface area (TPSA) is 46.6 Å². The van der Waals surface area contributed by atoms with Crippen LogP contribution in [0, 0.1) is 17.8 Å². The minimum Gasteiger partial charge on any atom is -0.496 e. The molecule has 4 saturated carbocycles. The van der Waals surface area contributed by atoms with Crippen LogP contribution in [0.3, 0.4) is 0 Å². The van der Waals surface area contributed by atoms with E-state index in [0.29, 0.717) is 0 Å². The summed E-state index contributed by atoms with van der Waals surface area (Å²) in [4.78, 5) is 25.3. The van der Waals surface area contributed by atoms with Crippen LogP contribution >= 0.6 is 11.8 Å². The van der Waals surface area contributed by atoms with Gasteiger partial charge in [-0.25, -0.2) is 0 Å². The summed E-state index contributed by atoms with van der Waals surface area (Å²) >= 11 is 1.16. The molecule has 4 nitrogen and oxygen atoms in total. The van der Waals surface area contributed by atoms with E-state index in [9.17, 15) is 9.59 Å². The third kappa shape index (κ3) is 2.57. The van der Waals surface area contributed by atoms with Crippen LogP contribution in [-0.2, 0) is 10.2 Å². The van der Waals surface area contributed by atoms with Crippen molar-refractivity contribution in [3.8, 4) is 16.9 Å². The molecule has 9 rings (SSSR count). The lowest BCUT2D eigenvalue weighted by molar-refractivity contribution is -0.137. The molecule has 0 aromatic heterocycles. The highest BCUT2D eigenvalue weighted by molar-refractivity contribution is 8.15. The minimum atomic E-state index is -0.225. The first kappa shape index (κ1) is 19.2. The van der Waals surface area contributed by atoms with Crippen molar-refractivity contribution in [2.24, 2.45) is 17.8 Å². The van der Waals surface area contributed by atoms with Gasteiger partial charge < -0.3 is 4.74 Å². The Morgan fingerprint density at radius 3 is 2.06 bits per heavy atom. The average molecular weight is 446 g/mol. The SMILES string of the molecule is COc1ccc(-c2ccc(C3C4SC(=O)N3C4=O)cc2)cc1C12CC3CC(CC(C3)C1)C2. The first-order valence-electron chi connectivity index (χ1n) is 11.9. The van der Waals surface area contributed by atoms with E-state index in [-0.39, 0.29) is 27.9 Å². The molecule has 3 saturated heterocycles. The molecule has 2 amide bonds. The largest absolute Gasteiger partial charge is 0.496 e. The summed E-state index contributed by atoms with van der Waals surface area (Å²) in [5.74, 6) is 3.68. The molecule has 0 N–H and O–H groups in total. The van der Waals surface area contributed by atoms with Crippen molar-refractivity contribution < 1.29 is 14.3 Å². The van der Waals surface area contributed by atoms with Gasteiger partial charge in [0.15, 0.2) is 0 Å². The van der Waals surface area contributed by atoms with Crippen LogP contribution < -0.4 is 4.74 Å². The van der Waals surface area contributed by atoms with Gasteiger partial charge in [-0.3, -0.25) is 14.5 Å². The Kier molecular flexibility index (Phi) is 3.98. The number of ether oxygens (including phenoxy) is 1. The maximum absolute atomic E-state index is 11.9. The number of benzene rings is 2. The first-order valence-corrected chi connectivity index (χ1v) is 12.8. The first-order chi connectivity index (χ1) is 15.5. The number of rotatable bonds is 4. The van der Waals surface area contributed by atoms with Crippen LogP contribution in [0.25, 0.3) is 11.1 Å². The molecule has 7 aliphatic rings. The number of fused-ring (bicyclic) bond motifs is 1. The van der Waals surface area contributed by atoms with Crippen LogP contribution in [0.1, 0.15) is 55.7 Å². The van der Waals surface area contributed by atoms with Gasteiger partial charge in [0.05, 0.1) is 13.2 Å². The van der Waals surface area contributed by atoms with Crippen molar-refractivity contribution in [3.05, 3.63) is 53.6 Å². The number of imide groups is 1. The van der Waals surface area contributed by atoms with Crippen molar-refractivity contribution in [1.82, 2.24) is 4.90 Å². The lowest BCUT2D eigenvalue weighted by atomic mass is 9.48. The maximum Gasteiger partial charge on any atom is 0.289 e. The predicted molar refractivity (Wildman–Crippen MR) is 125 cm³/mol. The van der Waals surface area contributed by atoms with Crippen molar-refractivity contribution in [2.45, 2.75) is 55.2 Å². The fraction of sp³-hybridized carbons (Fsp3) is 0.481. The van der Waals surface area contributed by atoms with E-state index in [1.165, 1.54) is 60.1 Å². The summed E-state index contributed by atoms with van der Waals surface area (Å²) in [6, 6.07) is 15.1. The second-order valence-corrected chi connectivity index (χ2v) is 11.8. The molecule has 164 valence electrons. The monoisotopic (exact) mass is 445 g/mol. The number of thioether (sulfide) groups is 1. The summed E-state index contributed by atoms with van der Waals surface area (Å²) < 4.78 is 5.88. The summed E-state index contributed by atoms with van der Waals surface area (Å²) in [5, 5.41) is -0.332. The van der Waals surface area contributed by atoms with Gasteiger partial charge >= 0.3 is 0 Å². The molecule has 4 aliphatic carbocycles. The fourth-order valence-corrected chi connectivity index (χ4v) is 9.04. The van der Waals surface area contributed by atoms with E-state index in [0.717, 1.165) is 40.8 Å². The normalized spacial score (nSPS) is 36.5. The van der Waals surface area contributed by atoms with Crippen LogP contribution in [0.15, 0.2) is 42.5 Å². The molecule has 7 fully saturated rings. The zero-order valence-corrected chi connectivity index (χ0v) is 19.1. The van der Waals surface area contributed by atoms with Crippen molar-refractivity contribution >= 4 is 22.9 Å². The molecule has 2 unspecified atom stereocenters. The molecule has 3 heterocycles. The molecule has 32 heavy (non-hydrogen) atoms. The molecular weight excluding hydrogens is 418 g/mol. The summed E-state index contributed by atoms with van der Waals surface area (Å²) in [6.07, 6.45) is 8.25. The van der Waals surface area contributed by atoms with E-state index in [4.69, 9.17) is 4.74 Å². The van der Waals surface area contributed by atoms with Gasteiger partial charge in [0.2, 0.25) is 5.91 Å². The molecule has 6 bridgehead atoms. The fourth-order valence-electron chi connectivity index (χ4n) is 7.89. The molecule has 2 aromatic carbocycles. The smallest absolute Gasteiger partial charge is 0.289 e. The molecule has 3 aliphatic heterocycles. The molecule has 2 atom stereocenters. The highest BCUT2D eigenvalue weighted by atomic mass is 32.2. The summed E-state index contributed by atoms with van der Waals surface area (Å²) in [6.45, 7) is 0. The lowest BCUT2D eigenvalue weighted by Crippen LogP contribution is -2.50. The molecule has 5 heteroatoms. The van der Waals surface area contributed by atoms with E-state index in [1.54, 1.807) is 7.11 Å². The Bertz CT molecular complexity index is 1100. The van der Waals surface area contributed by atoms with Crippen LogP contribution in [0.2, 0.25) is 0 Å². The Morgan fingerprint density at radius 1 is 0.906 bits per heavy atom. The zero-order valence-electron chi connectivity index (χ0n) is 18.3.